The van der Waals surface area contributed by atoms with E-state index in [1.165, 1.54) is 17.7 Å². The van der Waals surface area contributed by atoms with Gasteiger partial charge in [0.25, 0.3) is 17.7 Å². The van der Waals surface area contributed by atoms with E-state index in [2.05, 4.69) is 30.6 Å². The Kier molecular flexibility index (Phi) is 38.7. The number of cyclic esters (lactones) is 1. The maximum absolute atomic E-state index is 14.8. The second kappa shape index (κ2) is 50.3. The van der Waals surface area contributed by atoms with Crippen LogP contribution in [0.3, 0.4) is 0 Å². The third-order valence-electron chi connectivity index (χ3n) is 26.1. The molecule has 7 aromatic rings. The molecule has 12 rings (SSSR count). The highest BCUT2D eigenvalue weighted by molar-refractivity contribution is 7.89. The number of sulfonamides is 1. The van der Waals surface area contributed by atoms with Crippen molar-refractivity contribution in [1.82, 2.24) is 64.2 Å². The predicted molar refractivity (Wildman–Crippen MR) is 503 cm³/mol. The molecule has 38 nitrogen and oxygen atoms in total. The van der Waals surface area contributed by atoms with Crippen molar-refractivity contribution in [3.05, 3.63) is 126 Å². The maximum atomic E-state index is 14.8. The highest BCUT2D eigenvalue weighted by atomic mass is 32.2. The number of benzene rings is 2. The molecule has 0 spiro atoms. The quantitative estimate of drug-likeness (QED) is 0.00936. The van der Waals surface area contributed by atoms with Crippen molar-refractivity contribution in [2.45, 2.75) is 225 Å². The lowest BCUT2D eigenvalue weighted by Gasteiger charge is -2.42. The Morgan fingerprint density at radius 2 is 1.50 bits per heavy atom. The zero-order valence-corrected chi connectivity index (χ0v) is 79.9. The number of carbonyl (C=O) groups excluding carboxylic acids is 6. The fraction of sp³-hybridized carbons (Fsp3) is 0.604. The Labute approximate surface area is 788 Å². The van der Waals surface area contributed by atoms with E-state index in [1.807, 2.05) is 85.5 Å². The number of Topliss-reactive ketones (excluding diaryl/α,β-unsaturated/α-hetero) is 3. The van der Waals surface area contributed by atoms with Gasteiger partial charge in [0.05, 0.1) is 107 Å². The first kappa shape index (κ1) is 104. The van der Waals surface area contributed by atoms with Gasteiger partial charge in [-0.05, 0) is 149 Å². The number of oxazole rings is 1. The van der Waals surface area contributed by atoms with Crippen LogP contribution in [-0.2, 0) is 112 Å². The number of hydrogen-bond acceptors (Lipinski definition) is 33. The first-order valence-electron chi connectivity index (χ1n) is 47.1. The Balaban J connectivity index is 0.539. The van der Waals surface area contributed by atoms with Gasteiger partial charge in [0.1, 0.15) is 53.5 Å². The van der Waals surface area contributed by atoms with E-state index in [9.17, 15) is 47.4 Å². The molecule has 1 saturated carbocycles. The van der Waals surface area contributed by atoms with Crippen LogP contribution in [0.25, 0.3) is 44.5 Å². The molecule has 1 aliphatic carbocycles. The van der Waals surface area contributed by atoms with E-state index in [0.29, 0.717) is 194 Å². The Morgan fingerprint density at radius 1 is 0.756 bits per heavy atom. The van der Waals surface area contributed by atoms with Crippen molar-refractivity contribution < 1.29 is 99.2 Å². The van der Waals surface area contributed by atoms with Crippen LogP contribution in [0.5, 0.6) is 0 Å². The van der Waals surface area contributed by atoms with Crippen molar-refractivity contribution >= 4 is 85.1 Å². The SMILES string of the molecule is CO[C@H]1C[C@@H]2CC[C@@H](C)[C@@](O)(O2)C(=O)C(=O)N2CCCC[C@H]2C(=O)O[C@H]([C@H](N)C[C@@H]2CC[C@@H](OCc3cccc(-c4cnc(N5CCN(S(=O)(=O)CCc6cn(CCOCCOCCOCCOCCC(=O)NCCCCn7nc(-c8ccc9oc(N)nc9c8)c8c(N)ncnc87)nn6)CC5)nc4)c3)[C@H](OC)C2)CC(=O)[C@H](C)/C=C(\C)[C@@H](O)[C@@H](OC)C(=O)[C@H](C)C[C@H](C)/C=C/C=C/C=C/1C. The summed E-state index contributed by atoms with van der Waals surface area (Å²) in [6.07, 6.45) is 18.4. The Morgan fingerprint density at radius 3 is 2.24 bits per heavy atom. The fourth-order valence-corrected chi connectivity index (χ4v) is 19.6. The number of nitrogens with two attached hydrogens (primary N) is 3. The van der Waals surface area contributed by atoms with Gasteiger partial charge in [-0.1, -0.05) is 87.6 Å². The van der Waals surface area contributed by atoms with Crippen LogP contribution in [0.15, 0.2) is 119 Å². The number of hydrogen-bond donors (Lipinski definition) is 6. The zero-order valence-electron chi connectivity index (χ0n) is 79.0. The molecule has 4 aliphatic heterocycles. The van der Waals surface area contributed by atoms with E-state index in [1.54, 1.807) is 82.0 Å². The molecule has 0 unspecified atom stereocenters. The molecule has 9 N–H and O–H groups in total. The molecule has 135 heavy (non-hydrogen) atoms. The van der Waals surface area contributed by atoms with Crippen LogP contribution in [0, 0.1) is 29.6 Å². The minimum atomic E-state index is -3.63. The summed E-state index contributed by atoms with van der Waals surface area (Å²) in [4.78, 5) is 110. The highest BCUT2D eigenvalue weighted by Crippen LogP contribution is 2.40. The molecule has 5 aliphatic rings. The lowest BCUT2D eigenvalue weighted by Crippen LogP contribution is -2.61. The van der Waals surface area contributed by atoms with E-state index >= 15 is 0 Å². The molecule has 39 heteroatoms. The van der Waals surface area contributed by atoms with Gasteiger partial charge in [-0.15, -0.1) is 5.10 Å². The number of fused-ring (bicyclic) bond motifs is 5. The number of anilines is 3. The molecule has 2 aromatic carbocycles. The third kappa shape index (κ3) is 28.6. The van der Waals surface area contributed by atoms with Crippen LogP contribution in [-0.4, -0.2) is 292 Å². The molecular formula is C96H135N17O21S. The van der Waals surface area contributed by atoms with Crippen molar-refractivity contribution in [2.24, 2.45) is 35.3 Å². The normalized spacial score (nSPS) is 26.6. The average Bonchev–Trinajstić information content (AvgIpc) is 1.28. The van der Waals surface area contributed by atoms with Gasteiger partial charge in [0, 0.05) is 146 Å². The summed E-state index contributed by atoms with van der Waals surface area (Å²) in [6, 6.07) is 11.3. The monoisotopic (exact) mass is 1890 g/mol. The van der Waals surface area contributed by atoms with Gasteiger partial charge in [-0.3, -0.25) is 24.0 Å². The topological polar surface area (TPSA) is 495 Å². The standard InChI is InChI=1S/C96H135N17O21S/c1-61-18-11-10-12-19-62(2)80(124-7)54-73-26-23-66(6)96(121,134-73)89(118)92(119)112-32-15-13-22-76(112)93(120)132-81(55-77(114)63(3)49-65(5)87(117)88(126-9)86(116)64(4)48-61)74(97)51-67-24-27-79(82(52-67)125-8)131-59-68-20-17-21-69(50-68)71-56-101-95(102-57-71)109-34-36-111(37-35-109)135(122,123)47-30-72-58-110(108-106-72)38-40-128-42-44-130-46-45-129-43-41-127-39-29-83(115)100-31-14-16-33-113-91-84(90(98)103-60-104-91)85(107-113)70-25-28-78-75(53-70)105-94(99)133-78/h10-12,17-21,25,28,49-50,53,56-58,60-61,63-64,66-67,73-74,76,79-82,87-88,117,121H,13-16,22-24,26-27,29-48,51-52,54-55,59,97H2,1-9H3,(H2,99,105)(H,100,115)(H2,98,103,104)/b12-10+,18-11+,62-19+,65-49+/t61-,63-,64-,66-,67+,73+,74-,76+,79-,80+,81+,82-,87-,88+,96-/m1/s1. The lowest BCUT2D eigenvalue weighted by molar-refractivity contribution is -0.265. The molecule has 2 bridgehead atoms. The smallest absolute Gasteiger partial charge is 0.329 e. The van der Waals surface area contributed by atoms with Gasteiger partial charge >= 0.3 is 5.97 Å². The fourth-order valence-electron chi connectivity index (χ4n) is 18.1. The van der Waals surface area contributed by atoms with Crippen LogP contribution in [0.4, 0.5) is 17.8 Å². The molecule has 5 aromatic heterocycles. The molecular weight excluding hydrogens is 1760 g/mol. The number of nitrogens with zero attached hydrogens (tertiary/aromatic N) is 13. The number of aliphatic hydroxyl groups is 2. The minimum Gasteiger partial charge on any atom is -0.459 e. The lowest BCUT2D eigenvalue weighted by atomic mass is 9.80. The van der Waals surface area contributed by atoms with E-state index in [-0.39, 0.29) is 118 Å². The number of piperidine rings is 1. The number of ketones is 3. The van der Waals surface area contributed by atoms with Crippen LogP contribution in [0.2, 0.25) is 0 Å². The van der Waals surface area contributed by atoms with Crippen molar-refractivity contribution in [1.29, 1.82) is 0 Å². The van der Waals surface area contributed by atoms with E-state index in [0.717, 1.165) is 39.1 Å². The van der Waals surface area contributed by atoms with Gasteiger partial charge < -0.3 is 94.3 Å². The number of rotatable bonds is 36. The molecule has 2 amide bonds. The summed E-state index contributed by atoms with van der Waals surface area (Å²) in [5.74, 6) is -7.96. The number of nitrogens with one attached hydrogen (secondary N) is 1. The third-order valence-corrected chi connectivity index (χ3v) is 28.0. The first-order chi connectivity index (χ1) is 65.0. The molecule has 0 radical (unpaired) electrons. The van der Waals surface area contributed by atoms with Crippen LogP contribution in [0.1, 0.15) is 149 Å². The number of esters is 1. The van der Waals surface area contributed by atoms with Gasteiger partial charge in [-0.2, -0.15) is 14.4 Å². The van der Waals surface area contributed by atoms with Crippen molar-refractivity contribution in [3.8, 4) is 22.4 Å². The largest absolute Gasteiger partial charge is 0.459 e. The number of methoxy groups -OCH3 is 3. The summed E-state index contributed by atoms with van der Waals surface area (Å²) in [5, 5.41) is 40.7. The first-order valence-corrected chi connectivity index (χ1v) is 48.7. The minimum absolute atomic E-state index is 0.0175. The number of piperazine rings is 1. The van der Waals surface area contributed by atoms with Crippen molar-refractivity contribution in [2.75, 3.05) is 136 Å². The molecule has 9 heterocycles. The van der Waals surface area contributed by atoms with Crippen molar-refractivity contribution in [3.63, 3.8) is 0 Å². The van der Waals surface area contributed by atoms with E-state index in [4.69, 9.17) is 84.1 Å². The second-order valence-corrected chi connectivity index (χ2v) is 38.1. The number of nitrogen functional groups attached to an aromatic ring is 2. The summed E-state index contributed by atoms with van der Waals surface area (Å²) in [5.41, 5.74) is 26.6. The Bertz CT molecular complexity index is 5330. The Hall–Kier alpha value is -10.1. The summed E-state index contributed by atoms with van der Waals surface area (Å²) in [6.45, 7) is 16.4. The highest BCUT2D eigenvalue weighted by Gasteiger charge is 2.53. The number of allylic oxidation sites excluding steroid dienone is 6. The number of unbranched alkanes of at least 4 members (excludes halogenated alkanes) is 1. The number of carbonyl (C=O) groups is 6. The zero-order chi connectivity index (χ0) is 96.3. The predicted octanol–water partition coefficient (Wildman–Crippen LogP) is 8.00. The summed E-state index contributed by atoms with van der Waals surface area (Å²) < 4.78 is 97.0. The van der Waals surface area contributed by atoms with Crippen LogP contribution < -0.4 is 27.4 Å². The number of aliphatic hydroxyl groups excluding tert-OH is 1. The number of aromatic nitrogens is 10. The van der Waals surface area contributed by atoms with Gasteiger partial charge in [-0.25, -0.2) is 42.5 Å². The molecule has 4 fully saturated rings. The van der Waals surface area contributed by atoms with Crippen LogP contribution >= 0.6 is 0 Å². The van der Waals surface area contributed by atoms with Gasteiger partial charge in [0.2, 0.25) is 27.7 Å². The summed E-state index contributed by atoms with van der Waals surface area (Å²) >= 11 is 0. The molecule has 3 saturated heterocycles. The molecule has 15 atom stereocenters. The maximum Gasteiger partial charge on any atom is 0.329 e. The second-order valence-electron chi connectivity index (χ2n) is 36.0. The number of ether oxygens (including phenoxy) is 10. The van der Waals surface area contributed by atoms with E-state index < -0.39 is 93.8 Å². The molecule has 736 valence electrons. The number of amides is 2. The number of aryl methyl sites for hydroxylation is 2. The summed E-state index contributed by atoms with van der Waals surface area (Å²) in [7, 11) is 0.926. The van der Waals surface area contributed by atoms with Gasteiger partial charge in [0.15, 0.2) is 17.0 Å². The average molecular weight is 1900 g/mol.